The van der Waals surface area contributed by atoms with Crippen molar-refractivity contribution in [1.29, 1.82) is 0 Å². The van der Waals surface area contributed by atoms with E-state index < -0.39 is 14.3 Å². The molecular formula is C5H2Cl2O3S2. The topological polar surface area (TPSA) is 51.2 Å². The van der Waals surface area contributed by atoms with Crippen molar-refractivity contribution in [2.45, 2.75) is 4.21 Å². The Morgan fingerprint density at radius 1 is 1.50 bits per heavy atom. The molecule has 0 aliphatic heterocycles. The van der Waals surface area contributed by atoms with Gasteiger partial charge in [0.2, 0.25) is 0 Å². The van der Waals surface area contributed by atoms with Crippen molar-refractivity contribution in [2.24, 2.45) is 0 Å². The first kappa shape index (κ1) is 9.98. The van der Waals surface area contributed by atoms with Crippen LogP contribution in [0.4, 0.5) is 0 Å². The molecule has 1 heterocycles. The third-order valence-electron chi connectivity index (χ3n) is 1.06. The summed E-state index contributed by atoms with van der Waals surface area (Å²) in [6.45, 7) is 0. The van der Waals surface area contributed by atoms with Gasteiger partial charge in [-0.05, 0) is 23.0 Å². The summed E-state index contributed by atoms with van der Waals surface area (Å²) in [6.07, 6.45) is 0. The Bertz CT molecular complexity index is 406. The highest BCUT2D eigenvalue weighted by molar-refractivity contribution is 8.15. The van der Waals surface area contributed by atoms with Gasteiger partial charge in [0.1, 0.15) is 4.21 Å². The van der Waals surface area contributed by atoms with E-state index in [1.54, 1.807) is 0 Å². The molecule has 0 bridgehead atoms. The molecule has 0 saturated heterocycles. The van der Waals surface area contributed by atoms with Crippen LogP contribution in [0.3, 0.4) is 0 Å². The normalized spacial score (nSPS) is 11.5. The van der Waals surface area contributed by atoms with Crippen molar-refractivity contribution < 1.29 is 13.2 Å². The molecule has 66 valence electrons. The third kappa shape index (κ3) is 1.98. The highest BCUT2D eigenvalue weighted by Gasteiger charge is 2.20. The summed E-state index contributed by atoms with van der Waals surface area (Å²) in [7, 11) is 1.17. The van der Waals surface area contributed by atoms with E-state index in [0.29, 0.717) is 0 Å². The largest absolute Gasteiger partial charge is 0.276 e. The van der Waals surface area contributed by atoms with Gasteiger partial charge in [0, 0.05) is 10.7 Å². The zero-order valence-corrected chi connectivity index (χ0v) is 8.60. The molecule has 1 aromatic rings. The predicted molar refractivity (Wildman–Crippen MR) is 47.5 cm³/mol. The Kier molecular flexibility index (Phi) is 2.77. The van der Waals surface area contributed by atoms with Crippen LogP contribution >= 0.6 is 33.6 Å². The molecular weight excluding hydrogens is 243 g/mol. The molecule has 0 aliphatic carbocycles. The van der Waals surface area contributed by atoms with Crippen LogP contribution in [0, 0.1) is 0 Å². The van der Waals surface area contributed by atoms with Gasteiger partial charge in [-0.25, -0.2) is 8.42 Å². The molecule has 0 amide bonds. The molecule has 0 fully saturated rings. The van der Waals surface area contributed by atoms with Crippen molar-refractivity contribution in [1.82, 2.24) is 0 Å². The second kappa shape index (κ2) is 3.33. The number of carbonyl (C=O) groups is 1. The van der Waals surface area contributed by atoms with E-state index in [1.807, 2.05) is 0 Å². The lowest BCUT2D eigenvalue weighted by molar-refractivity contribution is 0.107. The molecule has 0 saturated carbocycles. The molecule has 0 unspecified atom stereocenters. The van der Waals surface area contributed by atoms with Gasteiger partial charge in [0.25, 0.3) is 14.3 Å². The van der Waals surface area contributed by atoms with Crippen LogP contribution in [0.5, 0.6) is 0 Å². The average Bonchev–Trinajstić information content (AvgIpc) is 2.30. The molecule has 0 atom stereocenters. The summed E-state index contributed by atoms with van der Waals surface area (Å²) in [5.74, 6) is 0. The van der Waals surface area contributed by atoms with Crippen LogP contribution in [0.15, 0.2) is 15.7 Å². The summed E-state index contributed by atoms with van der Waals surface area (Å²) in [5.41, 5.74) is -0.0725. The lowest BCUT2D eigenvalue weighted by Gasteiger charge is -1.91. The Morgan fingerprint density at radius 2 is 2.08 bits per heavy atom. The van der Waals surface area contributed by atoms with E-state index >= 15 is 0 Å². The molecule has 12 heavy (non-hydrogen) atoms. The van der Waals surface area contributed by atoms with Crippen LogP contribution in [-0.2, 0) is 9.05 Å². The SMILES string of the molecule is O=C(Cl)c1ccsc1S(=O)(=O)Cl. The minimum atomic E-state index is -3.85. The Morgan fingerprint density at radius 3 is 2.42 bits per heavy atom. The van der Waals surface area contributed by atoms with Gasteiger partial charge < -0.3 is 0 Å². The van der Waals surface area contributed by atoms with E-state index in [4.69, 9.17) is 22.3 Å². The maximum atomic E-state index is 10.8. The Labute approximate surface area is 82.3 Å². The lowest BCUT2D eigenvalue weighted by Crippen LogP contribution is -1.95. The molecule has 1 aromatic heterocycles. The van der Waals surface area contributed by atoms with E-state index in [-0.39, 0.29) is 9.77 Å². The molecule has 1 rings (SSSR count). The second-order valence-electron chi connectivity index (χ2n) is 1.83. The van der Waals surface area contributed by atoms with E-state index in [2.05, 4.69) is 0 Å². The first-order chi connectivity index (χ1) is 5.43. The van der Waals surface area contributed by atoms with Crippen LogP contribution in [0.2, 0.25) is 0 Å². The highest BCUT2D eigenvalue weighted by Crippen LogP contribution is 2.26. The minimum absolute atomic E-state index is 0.0725. The Hall–Kier alpha value is -0.100. The first-order valence-corrected chi connectivity index (χ1v) is 6.21. The van der Waals surface area contributed by atoms with Gasteiger partial charge >= 0.3 is 0 Å². The van der Waals surface area contributed by atoms with Crippen molar-refractivity contribution in [3.63, 3.8) is 0 Å². The number of hydrogen-bond acceptors (Lipinski definition) is 4. The fraction of sp³-hybridized carbons (Fsp3) is 0. The summed E-state index contributed by atoms with van der Waals surface area (Å²) < 4.78 is 21.4. The predicted octanol–water partition coefficient (Wildman–Crippen LogP) is 2.05. The quantitative estimate of drug-likeness (QED) is 0.749. The van der Waals surface area contributed by atoms with Crippen molar-refractivity contribution in [3.8, 4) is 0 Å². The maximum absolute atomic E-state index is 10.8. The standard InChI is InChI=1S/C5H2Cl2O3S2/c6-4(8)3-1-2-11-5(3)12(7,9)10/h1-2H. The second-order valence-corrected chi connectivity index (χ2v) is 5.85. The Balaban J connectivity index is 3.36. The minimum Gasteiger partial charge on any atom is -0.276 e. The number of thiophene rings is 1. The maximum Gasteiger partial charge on any atom is 0.271 e. The first-order valence-electron chi connectivity index (χ1n) is 2.65. The average molecular weight is 245 g/mol. The van der Waals surface area contributed by atoms with Gasteiger partial charge in [0.05, 0.1) is 5.56 Å². The van der Waals surface area contributed by atoms with Crippen molar-refractivity contribution in [3.05, 3.63) is 17.0 Å². The summed E-state index contributed by atoms with van der Waals surface area (Å²) >= 11 is 5.96. The summed E-state index contributed by atoms with van der Waals surface area (Å²) in [5, 5.41) is 0.612. The number of carbonyl (C=O) groups excluding carboxylic acids is 1. The van der Waals surface area contributed by atoms with Gasteiger partial charge in [-0.1, -0.05) is 0 Å². The lowest BCUT2D eigenvalue weighted by atomic mass is 10.4. The molecule has 0 spiro atoms. The smallest absolute Gasteiger partial charge is 0.271 e. The molecule has 0 N–H and O–H groups in total. The van der Waals surface area contributed by atoms with Gasteiger partial charge in [-0.2, -0.15) is 0 Å². The highest BCUT2D eigenvalue weighted by atomic mass is 35.7. The van der Waals surface area contributed by atoms with E-state index in [9.17, 15) is 13.2 Å². The van der Waals surface area contributed by atoms with Crippen LogP contribution in [-0.4, -0.2) is 13.7 Å². The fourth-order valence-electron chi connectivity index (χ4n) is 0.630. The van der Waals surface area contributed by atoms with Gasteiger partial charge in [0.15, 0.2) is 0 Å². The molecule has 0 radical (unpaired) electrons. The van der Waals surface area contributed by atoms with E-state index in [1.165, 1.54) is 11.4 Å². The molecule has 3 nitrogen and oxygen atoms in total. The third-order valence-corrected chi connectivity index (χ3v) is 4.32. The van der Waals surface area contributed by atoms with Gasteiger partial charge in [-0.3, -0.25) is 4.79 Å². The van der Waals surface area contributed by atoms with E-state index in [0.717, 1.165) is 11.3 Å². The summed E-state index contributed by atoms with van der Waals surface area (Å²) in [6, 6.07) is 1.31. The van der Waals surface area contributed by atoms with Crippen molar-refractivity contribution in [2.75, 3.05) is 0 Å². The number of halogens is 2. The monoisotopic (exact) mass is 244 g/mol. The van der Waals surface area contributed by atoms with Crippen LogP contribution in [0.1, 0.15) is 10.4 Å². The number of hydrogen-bond donors (Lipinski definition) is 0. The zero-order valence-electron chi connectivity index (χ0n) is 5.45. The zero-order chi connectivity index (χ0) is 9.35. The molecule has 0 aromatic carbocycles. The van der Waals surface area contributed by atoms with Crippen LogP contribution < -0.4 is 0 Å². The molecule has 0 aliphatic rings. The van der Waals surface area contributed by atoms with Crippen LogP contribution in [0.25, 0.3) is 0 Å². The fourth-order valence-corrected chi connectivity index (χ4v) is 3.14. The van der Waals surface area contributed by atoms with Crippen molar-refractivity contribution >= 4 is 47.9 Å². The number of rotatable bonds is 2. The summed E-state index contributed by atoms with van der Waals surface area (Å²) in [4.78, 5) is 10.6. The van der Waals surface area contributed by atoms with Gasteiger partial charge in [-0.15, -0.1) is 11.3 Å². The molecule has 7 heteroatoms.